The molecule has 0 unspecified atom stereocenters. The first kappa shape index (κ1) is 15.9. The molecular weight excluding hydrogens is 260 g/mol. The predicted octanol–water partition coefficient (Wildman–Crippen LogP) is 3.77. The van der Waals surface area contributed by atoms with Gasteiger partial charge in [0.05, 0.1) is 7.11 Å². The largest absolute Gasteiger partial charge is 0.481 e. The molecule has 0 aliphatic carbocycles. The monoisotopic (exact) mass is 282 g/mol. The summed E-state index contributed by atoms with van der Waals surface area (Å²) in [6.45, 7) is 8.31. The van der Waals surface area contributed by atoms with Gasteiger partial charge in [0, 0.05) is 4.90 Å². The van der Waals surface area contributed by atoms with Crippen molar-refractivity contribution in [3.05, 3.63) is 23.3 Å². The molecule has 19 heavy (non-hydrogen) atoms. The average molecular weight is 282 g/mol. The number of esters is 1. The first-order chi connectivity index (χ1) is 8.86. The highest BCUT2D eigenvalue weighted by atomic mass is 32.1. The zero-order valence-corrected chi connectivity index (χ0v) is 13.1. The van der Waals surface area contributed by atoms with E-state index in [0.717, 1.165) is 21.8 Å². The maximum absolute atomic E-state index is 11.3. The Kier molecular flexibility index (Phi) is 5.73. The molecule has 0 atom stereocenters. The molecule has 0 aliphatic rings. The molecule has 1 rings (SSSR count). The maximum atomic E-state index is 11.3. The highest BCUT2D eigenvalue weighted by Gasteiger charge is 2.17. The van der Waals surface area contributed by atoms with Gasteiger partial charge >= 0.3 is 5.97 Å². The molecule has 106 valence electrons. The Morgan fingerprint density at radius 3 is 2.00 bits per heavy atom. The van der Waals surface area contributed by atoms with Gasteiger partial charge in [0.2, 0.25) is 0 Å². The third kappa shape index (κ3) is 4.16. The highest BCUT2D eigenvalue weighted by molar-refractivity contribution is 7.80. The van der Waals surface area contributed by atoms with Crippen LogP contribution in [-0.4, -0.2) is 19.7 Å². The van der Waals surface area contributed by atoms with Crippen molar-refractivity contribution in [2.24, 2.45) is 0 Å². The molecule has 0 aliphatic heterocycles. The van der Waals surface area contributed by atoms with Crippen LogP contribution < -0.4 is 4.74 Å². The third-order valence-corrected chi connectivity index (χ3v) is 3.20. The average Bonchev–Trinajstić information content (AvgIpc) is 2.35. The Bertz CT molecular complexity index is 424. The van der Waals surface area contributed by atoms with Gasteiger partial charge in [-0.25, -0.2) is 4.79 Å². The summed E-state index contributed by atoms with van der Waals surface area (Å²) >= 11 is 4.44. The van der Waals surface area contributed by atoms with Crippen LogP contribution in [0.1, 0.15) is 50.7 Å². The van der Waals surface area contributed by atoms with E-state index in [-0.39, 0.29) is 12.6 Å². The fourth-order valence-electron chi connectivity index (χ4n) is 1.87. The Morgan fingerprint density at radius 2 is 1.63 bits per heavy atom. The molecule has 0 bridgehead atoms. The van der Waals surface area contributed by atoms with Crippen molar-refractivity contribution < 1.29 is 14.3 Å². The van der Waals surface area contributed by atoms with E-state index in [1.807, 2.05) is 12.1 Å². The number of hydrogen-bond donors (Lipinski definition) is 1. The lowest BCUT2D eigenvalue weighted by atomic mass is 9.94. The first-order valence-corrected chi connectivity index (χ1v) is 6.88. The molecule has 0 heterocycles. The Morgan fingerprint density at radius 1 is 1.16 bits per heavy atom. The van der Waals surface area contributed by atoms with E-state index in [1.165, 1.54) is 7.11 Å². The second-order valence-electron chi connectivity index (χ2n) is 5.13. The van der Waals surface area contributed by atoms with E-state index < -0.39 is 0 Å². The standard InChI is InChI=1S/C15H22O3S/c1-9(2)12-6-11(19)7-13(10(3)4)15(12)18-8-14(16)17-5/h6-7,9-10,19H,8H2,1-5H3. The molecule has 0 N–H and O–H groups in total. The van der Waals surface area contributed by atoms with E-state index in [1.54, 1.807) is 0 Å². The summed E-state index contributed by atoms with van der Waals surface area (Å²) in [7, 11) is 1.36. The van der Waals surface area contributed by atoms with Crippen LogP contribution in [0.15, 0.2) is 17.0 Å². The summed E-state index contributed by atoms with van der Waals surface area (Å²) in [5, 5.41) is 0. The molecule has 1 aromatic carbocycles. The van der Waals surface area contributed by atoms with Gasteiger partial charge in [0.15, 0.2) is 6.61 Å². The van der Waals surface area contributed by atoms with Gasteiger partial charge in [-0.15, -0.1) is 12.6 Å². The highest BCUT2D eigenvalue weighted by Crippen LogP contribution is 2.36. The first-order valence-electron chi connectivity index (χ1n) is 6.43. The van der Waals surface area contributed by atoms with Gasteiger partial charge in [0.1, 0.15) is 5.75 Å². The second-order valence-corrected chi connectivity index (χ2v) is 5.64. The normalized spacial score (nSPS) is 10.9. The molecule has 3 nitrogen and oxygen atoms in total. The SMILES string of the molecule is COC(=O)COc1c(C(C)C)cc(S)cc1C(C)C. The van der Waals surface area contributed by atoms with Crippen LogP contribution in [0.5, 0.6) is 5.75 Å². The van der Waals surface area contributed by atoms with Crippen molar-refractivity contribution in [2.45, 2.75) is 44.4 Å². The van der Waals surface area contributed by atoms with Crippen molar-refractivity contribution in [3.8, 4) is 5.75 Å². The topological polar surface area (TPSA) is 35.5 Å². The molecule has 0 aromatic heterocycles. The summed E-state index contributed by atoms with van der Waals surface area (Å²) in [6.07, 6.45) is 0. The molecule has 0 saturated heterocycles. The number of rotatable bonds is 5. The molecule has 0 fully saturated rings. The van der Waals surface area contributed by atoms with Crippen molar-refractivity contribution >= 4 is 18.6 Å². The van der Waals surface area contributed by atoms with Crippen LogP contribution in [0.4, 0.5) is 0 Å². The second kappa shape index (κ2) is 6.85. The van der Waals surface area contributed by atoms with Crippen molar-refractivity contribution in [2.75, 3.05) is 13.7 Å². The minimum atomic E-state index is -0.376. The van der Waals surface area contributed by atoms with Crippen LogP contribution in [-0.2, 0) is 9.53 Å². The summed E-state index contributed by atoms with van der Waals surface area (Å²) in [4.78, 5) is 12.2. The zero-order valence-electron chi connectivity index (χ0n) is 12.2. The molecule has 0 radical (unpaired) electrons. The number of carbonyl (C=O) groups is 1. The predicted molar refractivity (Wildman–Crippen MR) is 79.4 cm³/mol. The lowest BCUT2D eigenvalue weighted by molar-refractivity contribution is -0.142. The Hall–Kier alpha value is -1.16. The number of carbonyl (C=O) groups excluding carboxylic acids is 1. The number of hydrogen-bond acceptors (Lipinski definition) is 4. The van der Waals surface area contributed by atoms with Crippen LogP contribution in [0.2, 0.25) is 0 Å². The van der Waals surface area contributed by atoms with Gasteiger partial charge < -0.3 is 9.47 Å². The smallest absolute Gasteiger partial charge is 0.343 e. The van der Waals surface area contributed by atoms with Crippen LogP contribution in [0.3, 0.4) is 0 Å². The molecule has 0 spiro atoms. The van der Waals surface area contributed by atoms with Gasteiger partial charge in [-0.05, 0) is 35.1 Å². The van der Waals surface area contributed by atoms with E-state index in [9.17, 15) is 4.79 Å². The third-order valence-electron chi connectivity index (χ3n) is 2.94. The van der Waals surface area contributed by atoms with Crippen molar-refractivity contribution in [1.82, 2.24) is 0 Å². The summed E-state index contributed by atoms with van der Waals surface area (Å²) in [6, 6.07) is 3.98. The number of ether oxygens (including phenoxy) is 2. The minimum absolute atomic E-state index is 0.0676. The van der Waals surface area contributed by atoms with Crippen LogP contribution in [0.25, 0.3) is 0 Å². The Labute approximate surface area is 120 Å². The van der Waals surface area contributed by atoms with Crippen molar-refractivity contribution in [1.29, 1.82) is 0 Å². The number of methoxy groups -OCH3 is 1. The summed E-state index contributed by atoms with van der Waals surface area (Å²) in [5.74, 6) is 1.02. The molecule has 0 amide bonds. The van der Waals surface area contributed by atoms with E-state index in [4.69, 9.17) is 4.74 Å². The number of thiol groups is 1. The van der Waals surface area contributed by atoms with E-state index in [0.29, 0.717) is 11.8 Å². The fraction of sp³-hybridized carbons (Fsp3) is 0.533. The number of benzene rings is 1. The summed E-state index contributed by atoms with van der Waals surface area (Å²) < 4.78 is 10.3. The van der Waals surface area contributed by atoms with Crippen LogP contribution in [0, 0.1) is 0 Å². The van der Waals surface area contributed by atoms with Gasteiger partial charge in [-0.3, -0.25) is 0 Å². The van der Waals surface area contributed by atoms with E-state index >= 15 is 0 Å². The zero-order chi connectivity index (χ0) is 14.6. The quantitative estimate of drug-likeness (QED) is 0.659. The van der Waals surface area contributed by atoms with Gasteiger partial charge in [0.25, 0.3) is 0 Å². The van der Waals surface area contributed by atoms with E-state index in [2.05, 4.69) is 45.1 Å². The molecule has 1 aromatic rings. The van der Waals surface area contributed by atoms with Gasteiger partial charge in [-0.2, -0.15) is 0 Å². The summed E-state index contributed by atoms with van der Waals surface area (Å²) in [5.41, 5.74) is 2.14. The maximum Gasteiger partial charge on any atom is 0.343 e. The Balaban J connectivity index is 3.19. The van der Waals surface area contributed by atoms with Crippen molar-refractivity contribution in [3.63, 3.8) is 0 Å². The lowest BCUT2D eigenvalue weighted by Crippen LogP contribution is -2.15. The van der Waals surface area contributed by atoms with Crippen LogP contribution >= 0.6 is 12.6 Å². The fourth-order valence-corrected chi connectivity index (χ4v) is 2.15. The van der Waals surface area contributed by atoms with Gasteiger partial charge in [-0.1, -0.05) is 27.7 Å². The minimum Gasteiger partial charge on any atom is -0.481 e. The molecule has 4 heteroatoms. The molecule has 0 saturated carbocycles. The lowest BCUT2D eigenvalue weighted by Gasteiger charge is -2.20. The molecular formula is C15H22O3S.